The Balaban J connectivity index is 1.51. The van der Waals surface area contributed by atoms with Crippen molar-refractivity contribution in [1.82, 2.24) is 9.62 Å². The van der Waals surface area contributed by atoms with Gasteiger partial charge in [-0.1, -0.05) is 41.9 Å². The summed E-state index contributed by atoms with van der Waals surface area (Å²) < 4.78 is 27.0. The van der Waals surface area contributed by atoms with Crippen molar-refractivity contribution in [3.63, 3.8) is 0 Å². The van der Waals surface area contributed by atoms with E-state index in [0.29, 0.717) is 37.4 Å². The first kappa shape index (κ1) is 20.8. The maximum absolute atomic E-state index is 12.7. The Morgan fingerprint density at radius 3 is 2.32 bits per heavy atom. The van der Waals surface area contributed by atoms with E-state index < -0.39 is 10.0 Å². The van der Waals surface area contributed by atoms with Gasteiger partial charge >= 0.3 is 0 Å². The summed E-state index contributed by atoms with van der Waals surface area (Å²) in [7, 11) is -3.51. The number of hydrogen-bond acceptors (Lipinski definition) is 3. The third-order valence-corrected chi connectivity index (χ3v) is 7.34. The van der Waals surface area contributed by atoms with E-state index in [-0.39, 0.29) is 22.8 Å². The molecule has 1 aliphatic heterocycles. The molecular formula is C21H25ClN2O3S. The van der Waals surface area contributed by atoms with Gasteiger partial charge in [-0.05, 0) is 55.5 Å². The zero-order valence-corrected chi connectivity index (χ0v) is 17.4. The van der Waals surface area contributed by atoms with Crippen molar-refractivity contribution in [2.24, 2.45) is 5.92 Å². The van der Waals surface area contributed by atoms with Crippen molar-refractivity contribution >= 4 is 27.5 Å². The molecule has 1 N–H and O–H groups in total. The molecule has 0 unspecified atom stereocenters. The highest BCUT2D eigenvalue weighted by molar-refractivity contribution is 7.89. The second-order valence-corrected chi connectivity index (χ2v) is 9.58. The van der Waals surface area contributed by atoms with E-state index in [1.54, 1.807) is 12.1 Å². The first-order valence-electron chi connectivity index (χ1n) is 9.46. The molecule has 28 heavy (non-hydrogen) atoms. The maximum Gasteiger partial charge on any atom is 0.243 e. The molecule has 0 aliphatic carbocycles. The fourth-order valence-electron chi connectivity index (χ4n) is 3.50. The summed E-state index contributed by atoms with van der Waals surface area (Å²) >= 11 is 5.84. The largest absolute Gasteiger partial charge is 0.350 e. The molecule has 1 fully saturated rings. The van der Waals surface area contributed by atoms with Crippen LogP contribution < -0.4 is 5.32 Å². The third-order valence-electron chi connectivity index (χ3n) is 5.18. The molecule has 0 aromatic heterocycles. The molecule has 7 heteroatoms. The van der Waals surface area contributed by atoms with Gasteiger partial charge in [0.1, 0.15) is 0 Å². The van der Waals surface area contributed by atoms with E-state index in [1.165, 1.54) is 16.4 Å². The zero-order valence-electron chi connectivity index (χ0n) is 15.8. The first-order valence-corrected chi connectivity index (χ1v) is 11.3. The summed E-state index contributed by atoms with van der Waals surface area (Å²) in [5.41, 5.74) is 1.07. The molecule has 1 amide bonds. The lowest BCUT2D eigenvalue weighted by Gasteiger charge is -2.31. The highest BCUT2D eigenvalue weighted by atomic mass is 35.5. The van der Waals surface area contributed by atoms with Crippen LogP contribution in [0.15, 0.2) is 59.5 Å². The zero-order chi connectivity index (χ0) is 20.1. The van der Waals surface area contributed by atoms with E-state index >= 15 is 0 Å². The Morgan fingerprint density at radius 2 is 1.71 bits per heavy atom. The fraction of sp³-hybridized carbons (Fsp3) is 0.381. The van der Waals surface area contributed by atoms with Crippen molar-refractivity contribution in [3.8, 4) is 0 Å². The average Bonchev–Trinajstić information content (AvgIpc) is 2.69. The molecule has 2 aromatic rings. The van der Waals surface area contributed by atoms with Gasteiger partial charge in [0.05, 0.1) is 10.9 Å². The van der Waals surface area contributed by atoms with E-state index in [2.05, 4.69) is 5.32 Å². The van der Waals surface area contributed by atoms with Crippen molar-refractivity contribution in [3.05, 3.63) is 65.2 Å². The van der Waals surface area contributed by atoms with Gasteiger partial charge in [0.2, 0.25) is 15.9 Å². The highest BCUT2D eigenvalue weighted by Gasteiger charge is 2.30. The van der Waals surface area contributed by atoms with Crippen LogP contribution in [0.4, 0.5) is 0 Å². The number of benzene rings is 2. The molecule has 1 atom stereocenters. The summed E-state index contributed by atoms with van der Waals surface area (Å²) in [5.74, 6) is 0.204. The smallest absolute Gasteiger partial charge is 0.243 e. The number of hydrogen-bond donors (Lipinski definition) is 1. The molecule has 150 valence electrons. The summed E-state index contributed by atoms with van der Waals surface area (Å²) in [6.45, 7) is 2.82. The minimum atomic E-state index is -3.51. The van der Waals surface area contributed by atoms with Gasteiger partial charge in [0.25, 0.3) is 0 Å². The predicted molar refractivity (Wildman–Crippen MR) is 111 cm³/mol. The Bertz CT molecular complexity index is 893. The fourth-order valence-corrected chi connectivity index (χ4v) is 5.09. The highest BCUT2D eigenvalue weighted by Crippen LogP contribution is 2.26. The number of carbonyl (C=O) groups is 1. The van der Waals surface area contributed by atoms with Gasteiger partial charge in [-0.3, -0.25) is 4.79 Å². The lowest BCUT2D eigenvalue weighted by molar-refractivity contribution is -0.122. The van der Waals surface area contributed by atoms with Gasteiger partial charge in [0, 0.05) is 24.5 Å². The minimum absolute atomic E-state index is 0.00959. The number of amides is 1. The Hall–Kier alpha value is -1.89. The van der Waals surface area contributed by atoms with Crippen molar-refractivity contribution < 1.29 is 13.2 Å². The minimum Gasteiger partial charge on any atom is -0.350 e. The monoisotopic (exact) mass is 420 g/mol. The number of nitrogens with zero attached hydrogens (tertiary/aromatic N) is 1. The summed E-state index contributed by atoms with van der Waals surface area (Å²) in [4.78, 5) is 12.6. The standard InChI is InChI=1S/C21H25ClN2O3S/c1-16(18-5-3-2-4-6-18)23-21(25)15-17-11-13-24(14-12-17)28(26,27)20-9-7-19(22)8-10-20/h2-10,16-17H,11-15H2,1H3,(H,23,25)/t16-/m1/s1. The molecular weight excluding hydrogens is 396 g/mol. The van der Waals surface area contributed by atoms with Crippen LogP contribution in [0, 0.1) is 5.92 Å². The Kier molecular flexibility index (Phi) is 6.75. The van der Waals surface area contributed by atoms with Gasteiger partial charge in [-0.25, -0.2) is 8.42 Å². The van der Waals surface area contributed by atoms with E-state index in [1.807, 2.05) is 37.3 Å². The lowest BCUT2D eigenvalue weighted by atomic mass is 9.94. The van der Waals surface area contributed by atoms with Gasteiger partial charge in [0.15, 0.2) is 0 Å². The summed E-state index contributed by atoms with van der Waals surface area (Å²) in [5, 5.41) is 3.54. The Labute approximate surface area is 171 Å². The Morgan fingerprint density at radius 1 is 1.11 bits per heavy atom. The third kappa shape index (κ3) is 5.13. The first-order chi connectivity index (χ1) is 13.4. The van der Waals surface area contributed by atoms with Crippen LogP contribution in [0.5, 0.6) is 0 Å². The number of carbonyl (C=O) groups excluding carboxylic acids is 1. The molecule has 1 saturated heterocycles. The molecule has 5 nitrogen and oxygen atoms in total. The number of nitrogens with one attached hydrogen (secondary N) is 1. The molecule has 0 radical (unpaired) electrons. The molecule has 3 rings (SSSR count). The average molecular weight is 421 g/mol. The topological polar surface area (TPSA) is 66.5 Å². The van der Waals surface area contributed by atoms with Gasteiger partial charge < -0.3 is 5.32 Å². The lowest BCUT2D eigenvalue weighted by Crippen LogP contribution is -2.39. The second-order valence-electron chi connectivity index (χ2n) is 7.21. The molecule has 1 heterocycles. The van der Waals surface area contributed by atoms with E-state index in [4.69, 9.17) is 11.6 Å². The second kappa shape index (κ2) is 9.07. The summed E-state index contributed by atoms with van der Waals surface area (Å²) in [6, 6.07) is 16.0. The number of piperidine rings is 1. The van der Waals surface area contributed by atoms with Gasteiger partial charge in [-0.2, -0.15) is 4.31 Å². The van der Waals surface area contributed by atoms with Crippen LogP contribution in [-0.4, -0.2) is 31.7 Å². The van der Waals surface area contributed by atoms with Crippen LogP contribution in [0.25, 0.3) is 0 Å². The van der Waals surface area contributed by atoms with Crippen molar-refractivity contribution in [1.29, 1.82) is 0 Å². The molecule has 0 spiro atoms. The van der Waals surface area contributed by atoms with Crippen LogP contribution >= 0.6 is 11.6 Å². The van der Waals surface area contributed by atoms with Crippen molar-refractivity contribution in [2.45, 2.75) is 37.1 Å². The van der Waals surface area contributed by atoms with Gasteiger partial charge in [-0.15, -0.1) is 0 Å². The quantitative estimate of drug-likeness (QED) is 0.767. The number of sulfonamides is 1. The number of halogens is 1. The van der Waals surface area contributed by atoms with Crippen LogP contribution in [0.3, 0.4) is 0 Å². The molecule has 2 aromatic carbocycles. The molecule has 0 saturated carbocycles. The molecule has 0 bridgehead atoms. The predicted octanol–water partition coefficient (Wildman–Crippen LogP) is 4.01. The van der Waals surface area contributed by atoms with Crippen LogP contribution in [0.1, 0.15) is 37.8 Å². The van der Waals surface area contributed by atoms with Crippen molar-refractivity contribution in [2.75, 3.05) is 13.1 Å². The maximum atomic E-state index is 12.7. The normalized spacial score (nSPS) is 17.2. The van der Waals surface area contributed by atoms with Crippen LogP contribution in [-0.2, 0) is 14.8 Å². The SMILES string of the molecule is C[C@@H](NC(=O)CC1CCN(S(=O)(=O)c2ccc(Cl)cc2)CC1)c1ccccc1. The van der Waals surface area contributed by atoms with E-state index in [0.717, 1.165) is 5.56 Å². The van der Waals surface area contributed by atoms with Crippen LogP contribution in [0.2, 0.25) is 5.02 Å². The summed E-state index contributed by atoms with van der Waals surface area (Å²) in [6.07, 6.45) is 1.78. The molecule has 1 aliphatic rings. The number of rotatable bonds is 6. The van der Waals surface area contributed by atoms with E-state index in [9.17, 15) is 13.2 Å².